The maximum atomic E-state index is 11.9. The number of hydrogen-bond acceptors (Lipinski definition) is 4. The van der Waals surface area contributed by atoms with Crippen LogP contribution in [0.25, 0.3) is 0 Å². The zero-order valence-electron chi connectivity index (χ0n) is 11.0. The van der Waals surface area contributed by atoms with Gasteiger partial charge in [0.1, 0.15) is 13.0 Å². The third kappa shape index (κ3) is 2.17. The van der Waals surface area contributed by atoms with Crippen molar-refractivity contribution in [2.45, 2.75) is 36.8 Å². The van der Waals surface area contributed by atoms with Crippen LogP contribution >= 0.6 is 0 Å². The first-order valence-electron chi connectivity index (χ1n) is 6.73. The molecule has 1 aliphatic carbocycles. The fourth-order valence-corrected chi connectivity index (χ4v) is 2.75. The molecule has 3 rings (SSSR count). The number of amides is 1. The Hall–Kier alpha value is -1.90. The van der Waals surface area contributed by atoms with E-state index >= 15 is 0 Å². The van der Waals surface area contributed by atoms with Crippen molar-refractivity contribution in [3.63, 3.8) is 0 Å². The van der Waals surface area contributed by atoms with Crippen molar-refractivity contribution in [2.24, 2.45) is 0 Å². The van der Waals surface area contributed by atoms with Gasteiger partial charge in [-0.25, -0.2) is 0 Å². The van der Waals surface area contributed by atoms with Crippen molar-refractivity contribution in [1.29, 1.82) is 5.26 Å². The van der Waals surface area contributed by atoms with Gasteiger partial charge >= 0.3 is 0 Å². The standard InChI is InChI=1S/C15H16N2O3/c16-8-15(5-6-15)11-3-1-10(2-4-11)12-7-13(20-9-18)17-14(12)19/h1-4,12-13,18H,5-7,9H2,(H,17,19)/t12?,13-/m1/s1. The highest BCUT2D eigenvalue weighted by molar-refractivity contribution is 5.86. The lowest BCUT2D eigenvalue weighted by Crippen LogP contribution is -2.28. The van der Waals surface area contributed by atoms with Crippen LogP contribution in [0, 0.1) is 11.3 Å². The predicted molar refractivity (Wildman–Crippen MR) is 70.4 cm³/mol. The number of carbonyl (C=O) groups excluding carboxylic acids is 1. The number of nitriles is 1. The number of ether oxygens (including phenoxy) is 1. The van der Waals surface area contributed by atoms with E-state index in [-0.39, 0.29) is 17.2 Å². The molecule has 0 radical (unpaired) electrons. The Balaban J connectivity index is 1.75. The Morgan fingerprint density at radius 1 is 1.40 bits per heavy atom. The van der Waals surface area contributed by atoms with Gasteiger partial charge in [0.05, 0.1) is 17.4 Å². The van der Waals surface area contributed by atoms with Gasteiger partial charge in [0.2, 0.25) is 5.91 Å². The zero-order valence-corrected chi connectivity index (χ0v) is 11.0. The lowest BCUT2D eigenvalue weighted by molar-refractivity contribution is -0.123. The van der Waals surface area contributed by atoms with Gasteiger partial charge in [0.15, 0.2) is 0 Å². The summed E-state index contributed by atoms with van der Waals surface area (Å²) in [5.41, 5.74) is 1.66. The average Bonchev–Trinajstić information content (AvgIpc) is 3.18. The van der Waals surface area contributed by atoms with Gasteiger partial charge in [-0.05, 0) is 24.0 Å². The van der Waals surface area contributed by atoms with E-state index < -0.39 is 13.0 Å². The highest BCUT2D eigenvalue weighted by Gasteiger charge is 2.45. The second kappa shape index (κ2) is 4.89. The van der Waals surface area contributed by atoms with E-state index in [2.05, 4.69) is 11.4 Å². The largest absolute Gasteiger partial charge is 0.371 e. The minimum absolute atomic E-state index is 0.0855. The van der Waals surface area contributed by atoms with Gasteiger partial charge < -0.3 is 15.2 Å². The minimum Gasteiger partial charge on any atom is -0.371 e. The van der Waals surface area contributed by atoms with Crippen LogP contribution in [-0.4, -0.2) is 24.0 Å². The summed E-state index contributed by atoms with van der Waals surface area (Å²) in [6, 6.07) is 10.1. The number of benzene rings is 1. The summed E-state index contributed by atoms with van der Waals surface area (Å²) in [6.45, 7) is -0.401. The first-order chi connectivity index (χ1) is 9.68. The Morgan fingerprint density at radius 3 is 2.65 bits per heavy atom. The highest BCUT2D eigenvalue weighted by atomic mass is 16.6. The van der Waals surface area contributed by atoms with E-state index in [1.807, 2.05) is 24.3 Å². The molecular weight excluding hydrogens is 256 g/mol. The van der Waals surface area contributed by atoms with Crippen LogP contribution in [-0.2, 0) is 14.9 Å². The second-order valence-corrected chi connectivity index (χ2v) is 5.40. The number of nitrogens with zero attached hydrogens (tertiary/aromatic N) is 1. The van der Waals surface area contributed by atoms with Crippen molar-refractivity contribution < 1.29 is 14.6 Å². The minimum atomic E-state index is -0.425. The van der Waals surface area contributed by atoms with Crippen molar-refractivity contribution in [1.82, 2.24) is 5.32 Å². The number of rotatable bonds is 4. The van der Waals surface area contributed by atoms with Gasteiger partial charge in [-0.15, -0.1) is 0 Å². The molecule has 1 amide bonds. The molecule has 2 fully saturated rings. The lowest BCUT2D eigenvalue weighted by Gasteiger charge is -2.11. The van der Waals surface area contributed by atoms with Gasteiger partial charge in [-0.1, -0.05) is 24.3 Å². The lowest BCUT2D eigenvalue weighted by atomic mass is 9.92. The molecule has 5 nitrogen and oxygen atoms in total. The normalized spacial score (nSPS) is 26.9. The Morgan fingerprint density at radius 2 is 2.10 bits per heavy atom. The topological polar surface area (TPSA) is 82.3 Å². The van der Waals surface area contributed by atoms with Crippen LogP contribution in [0.5, 0.6) is 0 Å². The molecule has 0 aromatic heterocycles. The number of hydrogen-bond donors (Lipinski definition) is 2. The highest BCUT2D eigenvalue weighted by Crippen LogP contribution is 2.47. The van der Waals surface area contributed by atoms with Gasteiger partial charge in [0.25, 0.3) is 0 Å². The van der Waals surface area contributed by atoms with Crippen LogP contribution < -0.4 is 5.32 Å². The van der Waals surface area contributed by atoms with E-state index in [0.717, 1.165) is 24.0 Å². The van der Waals surface area contributed by atoms with E-state index in [4.69, 9.17) is 9.84 Å². The smallest absolute Gasteiger partial charge is 0.229 e. The molecule has 2 N–H and O–H groups in total. The molecular formula is C15H16N2O3. The number of carbonyl (C=O) groups is 1. The monoisotopic (exact) mass is 272 g/mol. The molecule has 1 unspecified atom stereocenters. The molecule has 1 aliphatic heterocycles. The first kappa shape index (κ1) is 13.1. The first-order valence-corrected chi connectivity index (χ1v) is 6.73. The van der Waals surface area contributed by atoms with Crippen LogP contribution in [0.2, 0.25) is 0 Å². The summed E-state index contributed by atoms with van der Waals surface area (Å²) < 4.78 is 5.01. The second-order valence-electron chi connectivity index (χ2n) is 5.40. The number of nitrogens with one attached hydrogen (secondary N) is 1. The van der Waals surface area contributed by atoms with Crippen LogP contribution in [0.1, 0.15) is 36.3 Å². The average molecular weight is 272 g/mol. The van der Waals surface area contributed by atoms with Crippen LogP contribution in [0.3, 0.4) is 0 Å². The van der Waals surface area contributed by atoms with E-state index in [9.17, 15) is 10.1 Å². The van der Waals surface area contributed by atoms with Gasteiger partial charge in [-0.3, -0.25) is 4.79 Å². The summed E-state index contributed by atoms with van der Waals surface area (Å²) >= 11 is 0. The zero-order chi connectivity index (χ0) is 14.2. The molecule has 1 aromatic rings. The Bertz CT molecular complexity index is 557. The Labute approximate surface area is 117 Å². The third-order valence-corrected chi connectivity index (χ3v) is 4.17. The maximum absolute atomic E-state index is 11.9. The summed E-state index contributed by atoms with van der Waals surface area (Å²) in [6.07, 6.45) is 1.92. The van der Waals surface area contributed by atoms with Crippen molar-refractivity contribution in [2.75, 3.05) is 6.79 Å². The Kier molecular flexibility index (Phi) is 3.20. The molecule has 5 heteroatoms. The molecule has 2 atom stereocenters. The molecule has 1 heterocycles. The molecule has 0 bridgehead atoms. The van der Waals surface area contributed by atoms with E-state index in [0.29, 0.717) is 6.42 Å². The summed E-state index contributed by atoms with van der Waals surface area (Å²) in [4.78, 5) is 11.9. The number of aliphatic hydroxyl groups is 1. The maximum Gasteiger partial charge on any atom is 0.229 e. The summed E-state index contributed by atoms with van der Waals surface area (Å²) in [7, 11) is 0. The summed E-state index contributed by atoms with van der Waals surface area (Å²) in [5, 5.41) is 20.6. The predicted octanol–water partition coefficient (Wildman–Crippen LogP) is 1.14. The van der Waals surface area contributed by atoms with E-state index in [1.165, 1.54) is 0 Å². The molecule has 1 aromatic carbocycles. The molecule has 1 saturated carbocycles. The molecule has 2 aliphatic rings. The van der Waals surface area contributed by atoms with Gasteiger partial charge in [0, 0.05) is 6.42 Å². The van der Waals surface area contributed by atoms with Crippen molar-refractivity contribution in [3.05, 3.63) is 35.4 Å². The van der Waals surface area contributed by atoms with Crippen molar-refractivity contribution >= 4 is 5.91 Å². The molecule has 104 valence electrons. The van der Waals surface area contributed by atoms with Crippen LogP contribution in [0.4, 0.5) is 0 Å². The summed E-state index contributed by atoms with van der Waals surface area (Å²) in [5.74, 6) is -0.338. The molecule has 20 heavy (non-hydrogen) atoms. The fourth-order valence-electron chi connectivity index (χ4n) is 2.75. The van der Waals surface area contributed by atoms with Crippen LogP contribution in [0.15, 0.2) is 24.3 Å². The van der Waals surface area contributed by atoms with E-state index in [1.54, 1.807) is 0 Å². The fraction of sp³-hybridized carbons (Fsp3) is 0.467. The third-order valence-electron chi connectivity index (χ3n) is 4.17. The molecule has 0 spiro atoms. The molecule has 1 saturated heterocycles. The SMILES string of the molecule is N#CC1(c2ccc(C3C[C@@H](OCO)NC3=O)cc2)CC1. The van der Waals surface area contributed by atoms with Gasteiger partial charge in [-0.2, -0.15) is 5.26 Å². The van der Waals surface area contributed by atoms with Crippen molar-refractivity contribution in [3.8, 4) is 6.07 Å². The number of aliphatic hydroxyl groups excluding tert-OH is 1. The quantitative estimate of drug-likeness (QED) is 0.805.